The molecule has 18 heavy (non-hydrogen) atoms. The van der Waals surface area contributed by atoms with Gasteiger partial charge >= 0.3 is 0 Å². The first kappa shape index (κ1) is 14.1. The third-order valence-electron chi connectivity index (χ3n) is 2.46. The number of hydrogen-bond donors (Lipinski definition) is 2. The van der Waals surface area contributed by atoms with Crippen LogP contribution in [-0.4, -0.2) is 5.91 Å². The van der Waals surface area contributed by atoms with E-state index in [1.54, 1.807) is 24.3 Å². The summed E-state index contributed by atoms with van der Waals surface area (Å²) in [6.45, 7) is 2.00. The van der Waals surface area contributed by atoms with Crippen LogP contribution in [0.15, 0.2) is 48.5 Å². The zero-order chi connectivity index (χ0) is 12.3. The zero-order valence-electron chi connectivity index (χ0n) is 10.0. The molecule has 2 aromatic carbocycles. The second-order valence-corrected chi connectivity index (χ2v) is 3.95. The second-order valence-electron chi connectivity index (χ2n) is 3.95. The molecule has 0 aliphatic carbocycles. The van der Waals surface area contributed by atoms with E-state index in [2.05, 4.69) is 5.32 Å². The van der Waals surface area contributed by atoms with E-state index in [4.69, 9.17) is 5.73 Å². The minimum Gasteiger partial charge on any atom is -0.399 e. The van der Waals surface area contributed by atoms with E-state index < -0.39 is 0 Å². The Morgan fingerprint density at radius 1 is 1.11 bits per heavy atom. The fourth-order valence-corrected chi connectivity index (χ4v) is 1.52. The number of benzene rings is 2. The zero-order valence-corrected chi connectivity index (χ0v) is 10.8. The van der Waals surface area contributed by atoms with Crippen molar-refractivity contribution in [2.24, 2.45) is 0 Å². The summed E-state index contributed by atoms with van der Waals surface area (Å²) in [5.41, 5.74) is 8.71. The van der Waals surface area contributed by atoms with Crippen molar-refractivity contribution in [3.05, 3.63) is 59.7 Å². The van der Waals surface area contributed by atoms with Gasteiger partial charge in [-0.2, -0.15) is 0 Å². The minimum absolute atomic E-state index is 0. The standard InChI is InChI=1S/C14H14N2O.ClH/c1-10-5-7-13(8-6-10)16-14(17)11-3-2-4-12(15)9-11;/h2-9H,15H2,1H3,(H,16,17);1H. The fraction of sp³-hybridized carbons (Fsp3) is 0.0714. The number of carbonyl (C=O) groups excluding carboxylic acids is 1. The largest absolute Gasteiger partial charge is 0.399 e. The maximum atomic E-state index is 11.9. The molecule has 0 spiro atoms. The van der Waals surface area contributed by atoms with Gasteiger partial charge in [0.1, 0.15) is 0 Å². The lowest BCUT2D eigenvalue weighted by molar-refractivity contribution is 0.102. The number of aryl methyl sites for hydroxylation is 1. The molecule has 4 heteroatoms. The molecule has 0 aliphatic heterocycles. The molecule has 0 saturated heterocycles. The second kappa shape index (κ2) is 6.07. The molecule has 0 aromatic heterocycles. The van der Waals surface area contributed by atoms with Crippen molar-refractivity contribution in [3.63, 3.8) is 0 Å². The molecule has 0 saturated carbocycles. The highest BCUT2D eigenvalue weighted by Gasteiger charge is 2.05. The summed E-state index contributed by atoms with van der Waals surface area (Å²) in [6, 6.07) is 14.6. The van der Waals surface area contributed by atoms with Gasteiger partial charge in [-0.3, -0.25) is 4.79 Å². The Balaban J connectivity index is 0.00000162. The molecule has 0 heterocycles. The van der Waals surface area contributed by atoms with Crippen LogP contribution in [0.1, 0.15) is 15.9 Å². The number of hydrogen-bond acceptors (Lipinski definition) is 2. The fourth-order valence-electron chi connectivity index (χ4n) is 1.52. The minimum atomic E-state index is -0.152. The molecule has 3 N–H and O–H groups in total. The molecular formula is C14H15ClN2O. The van der Waals surface area contributed by atoms with Crippen LogP contribution in [0, 0.1) is 6.92 Å². The number of nitrogens with two attached hydrogens (primary N) is 1. The Bertz CT molecular complexity index is 538. The maximum absolute atomic E-state index is 11.9. The van der Waals surface area contributed by atoms with Crippen molar-refractivity contribution in [1.82, 2.24) is 0 Å². The molecule has 0 atom stereocenters. The highest BCUT2D eigenvalue weighted by atomic mass is 35.5. The number of rotatable bonds is 2. The summed E-state index contributed by atoms with van der Waals surface area (Å²) >= 11 is 0. The Labute approximate surface area is 112 Å². The first-order valence-electron chi connectivity index (χ1n) is 5.39. The lowest BCUT2D eigenvalue weighted by atomic mass is 10.2. The molecular weight excluding hydrogens is 248 g/mol. The smallest absolute Gasteiger partial charge is 0.255 e. The van der Waals surface area contributed by atoms with E-state index in [1.165, 1.54) is 0 Å². The van der Waals surface area contributed by atoms with Gasteiger partial charge in [0.25, 0.3) is 5.91 Å². The predicted molar refractivity (Wildman–Crippen MR) is 77.2 cm³/mol. The Morgan fingerprint density at radius 2 is 1.78 bits per heavy atom. The van der Waals surface area contributed by atoms with Crippen molar-refractivity contribution >= 4 is 29.7 Å². The first-order chi connectivity index (χ1) is 8.15. The highest BCUT2D eigenvalue weighted by Crippen LogP contribution is 2.12. The van der Waals surface area contributed by atoms with Gasteiger partial charge in [0.05, 0.1) is 0 Å². The first-order valence-corrected chi connectivity index (χ1v) is 5.39. The molecule has 1 amide bonds. The third kappa shape index (κ3) is 3.50. The molecule has 94 valence electrons. The number of nitrogens with one attached hydrogen (secondary N) is 1. The average molecular weight is 263 g/mol. The van der Waals surface area contributed by atoms with E-state index in [-0.39, 0.29) is 18.3 Å². The van der Waals surface area contributed by atoms with Crippen LogP contribution in [0.4, 0.5) is 11.4 Å². The SMILES string of the molecule is Cc1ccc(NC(=O)c2cccc(N)c2)cc1.Cl. The summed E-state index contributed by atoms with van der Waals surface area (Å²) in [4.78, 5) is 11.9. The molecule has 0 aliphatic rings. The number of amides is 1. The number of nitrogen functional groups attached to an aromatic ring is 1. The molecule has 0 radical (unpaired) electrons. The molecule has 0 bridgehead atoms. The van der Waals surface area contributed by atoms with Crippen LogP contribution >= 0.6 is 12.4 Å². The molecule has 3 nitrogen and oxygen atoms in total. The van der Waals surface area contributed by atoms with Crippen LogP contribution in [0.25, 0.3) is 0 Å². The van der Waals surface area contributed by atoms with E-state index in [0.717, 1.165) is 11.3 Å². The molecule has 0 fully saturated rings. The van der Waals surface area contributed by atoms with Crippen LogP contribution in [0.3, 0.4) is 0 Å². The third-order valence-corrected chi connectivity index (χ3v) is 2.46. The van der Waals surface area contributed by atoms with E-state index in [0.29, 0.717) is 11.3 Å². The lowest BCUT2D eigenvalue weighted by Gasteiger charge is -2.06. The van der Waals surface area contributed by atoms with Crippen molar-refractivity contribution in [1.29, 1.82) is 0 Å². The summed E-state index contributed by atoms with van der Waals surface area (Å²) < 4.78 is 0. The molecule has 2 rings (SSSR count). The van der Waals surface area contributed by atoms with Gasteiger partial charge in [0.2, 0.25) is 0 Å². The average Bonchev–Trinajstić information content (AvgIpc) is 2.32. The quantitative estimate of drug-likeness (QED) is 0.817. The predicted octanol–water partition coefficient (Wildman–Crippen LogP) is 3.25. The summed E-state index contributed by atoms with van der Waals surface area (Å²) in [5, 5.41) is 2.82. The maximum Gasteiger partial charge on any atom is 0.255 e. The topological polar surface area (TPSA) is 55.1 Å². The van der Waals surface area contributed by atoms with E-state index >= 15 is 0 Å². The Morgan fingerprint density at radius 3 is 2.39 bits per heavy atom. The summed E-state index contributed by atoms with van der Waals surface area (Å²) in [7, 11) is 0. The number of carbonyl (C=O) groups is 1. The summed E-state index contributed by atoms with van der Waals surface area (Å²) in [6.07, 6.45) is 0. The monoisotopic (exact) mass is 262 g/mol. The van der Waals surface area contributed by atoms with Gasteiger partial charge in [-0.15, -0.1) is 12.4 Å². The van der Waals surface area contributed by atoms with Crippen LogP contribution in [-0.2, 0) is 0 Å². The van der Waals surface area contributed by atoms with Crippen molar-refractivity contribution in [2.75, 3.05) is 11.1 Å². The van der Waals surface area contributed by atoms with Crippen molar-refractivity contribution in [2.45, 2.75) is 6.92 Å². The van der Waals surface area contributed by atoms with Gasteiger partial charge in [-0.1, -0.05) is 23.8 Å². The van der Waals surface area contributed by atoms with Gasteiger partial charge in [0, 0.05) is 16.9 Å². The van der Waals surface area contributed by atoms with Gasteiger partial charge < -0.3 is 11.1 Å². The lowest BCUT2D eigenvalue weighted by Crippen LogP contribution is -2.11. The highest BCUT2D eigenvalue weighted by molar-refractivity contribution is 6.04. The van der Waals surface area contributed by atoms with E-state index in [9.17, 15) is 4.79 Å². The van der Waals surface area contributed by atoms with Gasteiger partial charge in [-0.25, -0.2) is 0 Å². The van der Waals surface area contributed by atoms with Gasteiger partial charge in [-0.05, 0) is 37.3 Å². The Hall–Kier alpha value is -2.00. The van der Waals surface area contributed by atoms with Crippen LogP contribution in [0.5, 0.6) is 0 Å². The Kier molecular flexibility index (Phi) is 4.75. The molecule has 0 unspecified atom stereocenters. The van der Waals surface area contributed by atoms with Crippen LogP contribution in [0.2, 0.25) is 0 Å². The normalized spacial score (nSPS) is 9.39. The van der Waals surface area contributed by atoms with Crippen LogP contribution < -0.4 is 11.1 Å². The number of halogens is 1. The van der Waals surface area contributed by atoms with Gasteiger partial charge in [0.15, 0.2) is 0 Å². The molecule has 2 aromatic rings. The number of anilines is 2. The summed E-state index contributed by atoms with van der Waals surface area (Å²) in [5.74, 6) is -0.152. The van der Waals surface area contributed by atoms with Crippen molar-refractivity contribution in [3.8, 4) is 0 Å². The van der Waals surface area contributed by atoms with E-state index in [1.807, 2.05) is 31.2 Å². The van der Waals surface area contributed by atoms with Crippen molar-refractivity contribution < 1.29 is 4.79 Å².